The summed E-state index contributed by atoms with van der Waals surface area (Å²) in [6.45, 7) is -1.37. The van der Waals surface area contributed by atoms with E-state index < -0.39 is 41.0 Å². The number of nitrogens with zero attached hydrogens (tertiary/aromatic N) is 1. The van der Waals surface area contributed by atoms with Crippen LogP contribution in [0.15, 0.2) is 52.0 Å². The Hall–Kier alpha value is -2.50. The van der Waals surface area contributed by atoms with Gasteiger partial charge in [0.1, 0.15) is 12.2 Å². The average molecular weight is 458 g/mol. The molecule has 0 fully saturated rings. The monoisotopic (exact) mass is 457 g/mol. The smallest absolute Gasteiger partial charge is 0.321 e. The molecule has 0 aliphatic rings. The third kappa shape index (κ3) is 6.01. The summed E-state index contributed by atoms with van der Waals surface area (Å²) < 4.78 is 33.0. The Bertz CT molecular complexity index is 970. The van der Waals surface area contributed by atoms with Crippen LogP contribution in [0.1, 0.15) is 10.5 Å². The highest BCUT2D eigenvalue weighted by Gasteiger charge is 2.18. The Balaban J connectivity index is 1.79. The zero-order chi connectivity index (χ0) is 20.0. The number of hydrogen-bond acceptors (Lipinski definition) is 6. The SMILES string of the molecule is Cn1cccc1C(=O)NC(=O)COC(=O)CNS(=O)(=O)c1cccc(Br)c1. The number of benzene rings is 1. The molecule has 2 aromatic rings. The van der Waals surface area contributed by atoms with Gasteiger partial charge in [0.25, 0.3) is 11.8 Å². The van der Waals surface area contributed by atoms with Crippen LogP contribution in [-0.2, 0) is 31.4 Å². The quantitative estimate of drug-likeness (QED) is 0.585. The van der Waals surface area contributed by atoms with E-state index in [1.165, 1.54) is 28.8 Å². The lowest BCUT2D eigenvalue weighted by atomic mass is 10.4. The van der Waals surface area contributed by atoms with Crippen molar-refractivity contribution in [3.05, 3.63) is 52.8 Å². The lowest BCUT2D eigenvalue weighted by molar-refractivity contribution is -0.147. The average Bonchev–Trinajstić information content (AvgIpc) is 3.04. The normalized spacial score (nSPS) is 11.0. The van der Waals surface area contributed by atoms with Crippen LogP contribution in [-0.4, -0.2) is 43.9 Å². The van der Waals surface area contributed by atoms with Crippen LogP contribution in [0.25, 0.3) is 0 Å². The van der Waals surface area contributed by atoms with Gasteiger partial charge in [-0.15, -0.1) is 0 Å². The summed E-state index contributed by atoms with van der Waals surface area (Å²) in [5.41, 5.74) is 0.261. The highest BCUT2D eigenvalue weighted by Crippen LogP contribution is 2.15. The predicted octanol–water partition coefficient (Wildman–Crippen LogP) is 0.566. The number of hydrogen-bond donors (Lipinski definition) is 2. The molecule has 1 aromatic carbocycles. The molecule has 11 heteroatoms. The number of carbonyl (C=O) groups excluding carboxylic acids is 3. The summed E-state index contributed by atoms with van der Waals surface area (Å²) in [6, 6.07) is 9.08. The van der Waals surface area contributed by atoms with E-state index >= 15 is 0 Å². The Labute approximate surface area is 163 Å². The molecule has 0 saturated carbocycles. The molecule has 1 aromatic heterocycles. The van der Waals surface area contributed by atoms with E-state index in [1.54, 1.807) is 25.4 Å². The third-order valence-electron chi connectivity index (χ3n) is 3.31. The van der Waals surface area contributed by atoms with Crippen molar-refractivity contribution in [2.75, 3.05) is 13.2 Å². The summed E-state index contributed by atoms with van der Waals surface area (Å²) in [6.07, 6.45) is 1.64. The molecule has 2 amide bonds. The summed E-state index contributed by atoms with van der Waals surface area (Å²) in [7, 11) is -2.27. The molecule has 0 atom stereocenters. The van der Waals surface area contributed by atoms with Crippen LogP contribution in [0, 0.1) is 0 Å². The molecular formula is C16H16BrN3O6S. The highest BCUT2D eigenvalue weighted by atomic mass is 79.9. The van der Waals surface area contributed by atoms with E-state index in [0.29, 0.717) is 4.47 Å². The van der Waals surface area contributed by atoms with E-state index in [9.17, 15) is 22.8 Å². The maximum Gasteiger partial charge on any atom is 0.321 e. The van der Waals surface area contributed by atoms with E-state index in [4.69, 9.17) is 0 Å². The van der Waals surface area contributed by atoms with Gasteiger partial charge in [0.05, 0.1) is 4.90 Å². The molecule has 0 bridgehead atoms. The minimum atomic E-state index is -3.91. The molecule has 9 nitrogen and oxygen atoms in total. The number of aryl methyl sites for hydroxylation is 1. The molecule has 144 valence electrons. The number of amides is 2. The molecule has 1 heterocycles. The van der Waals surface area contributed by atoms with Crippen LogP contribution >= 0.6 is 15.9 Å². The Morgan fingerprint density at radius 1 is 1.19 bits per heavy atom. The van der Waals surface area contributed by atoms with Crippen molar-refractivity contribution >= 4 is 43.7 Å². The Morgan fingerprint density at radius 3 is 2.56 bits per heavy atom. The lowest BCUT2D eigenvalue weighted by Crippen LogP contribution is -2.37. The third-order valence-corrected chi connectivity index (χ3v) is 5.20. The van der Waals surface area contributed by atoms with Crippen LogP contribution in [0.3, 0.4) is 0 Å². The van der Waals surface area contributed by atoms with Gasteiger partial charge in [0.15, 0.2) is 6.61 Å². The zero-order valence-corrected chi connectivity index (χ0v) is 16.5. The highest BCUT2D eigenvalue weighted by molar-refractivity contribution is 9.10. The number of aromatic nitrogens is 1. The van der Waals surface area contributed by atoms with Gasteiger partial charge >= 0.3 is 5.97 Å². The summed E-state index contributed by atoms with van der Waals surface area (Å²) in [5, 5.41) is 2.06. The zero-order valence-electron chi connectivity index (χ0n) is 14.1. The van der Waals surface area contributed by atoms with Crippen LogP contribution < -0.4 is 10.0 Å². The van der Waals surface area contributed by atoms with Crippen molar-refractivity contribution < 1.29 is 27.5 Å². The van der Waals surface area contributed by atoms with Crippen LogP contribution in [0.5, 0.6) is 0 Å². The minimum absolute atomic E-state index is 0.0319. The predicted molar refractivity (Wildman–Crippen MR) is 98.2 cm³/mol. The topological polar surface area (TPSA) is 124 Å². The van der Waals surface area contributed by atoms with Gasteiger partial charge in [-0.1, -0.05) is 22.0 Å². The molecule has 0 aliphatic heterocycles. The maximum absolute atomic E-state index is 12.1. The Morgan fingerprint density at radius 2 is 1.93 bits per heavy atom. The Kier molecular flexibility index (Phi) is 6.88. The van der Waals surface area contributed by atoms with E-state index in [1.807, 2.05) is 0 Å². The van der Waals surface area contributed by atoms with Crippen molar-refractivity contribution in [3.63, 3.8) is 0 Å². The number of sulfonamides is 1. The fraction of sp³-hybridized carbons (Fsp3) is 0.188. The summed E-state index contributed by atoms with van der Waals surface area (Å²) in [4.78, 5) is 35.1. The first-order chi connectivity index (χ1) is 12.7. The molecule has 0 unspecified atom stereocenters. The standard InChI is InChI=1S/C16H16BrN3O6S/c1-20-7-3-6-13(20)16(23)19-14(21)10-26-15(22)9-18-27(24,25)12-5-2-4-11(17)8-12/h2-8,18H,9-10H2,1H3,(H,19,21,23). The van der Waals surface area contributed by atoms with Gasteiger partial charge in [-0.3, -0.25) is 19.7 Å². The second kappa shape index (κ2) is 8.93. The lowest BCUT2D eigenvalue weighted by Gasteiger charge is -2.08. The number of imide groups is 1. The van der Waals surface area contributed by atoms with Crippen LogP contribution in [0.2, 0.25) is 0 Å². The summed E-state index contributed by atoms with van der Waals surface area (Å²) in [5.74, 6) is -2.43. The minimum Gasteiger partial charge on any atom is -0.455 e. The van der Waals surface area contributed by atoms with Gasteiger partial charge in [-0.05, 0) is 30.3 Å². The second-order valence-electron chi connectivity index (χ2n) is 5.32. The molecule has 2 rings (SSSR count). The number of halogens is 1. The second-order valence-corrected chi connectivity index (χ2v) is 8.01. The number of nitrogens with one attached hydrogen (secondary N) is 2. The van der Waals surface area contributed by atoms with Gasteiger partial charge in [-0.25, -0.2) is 8.42 Å². The fourth-order valence-corrected chi connectivity index (χ4v) is 3.56. The largest absolute Gasteiger partial charge is 0.455 e. The number of esters is 1. The van der Waals surface area contributed by atoms with Gasteiger partial charge in [-0.2, -0.15) is 4.72 Å². The molecular weight excluding hydrogens is 442 g/mol. The van der Waals surface area contributed by atoms with Crippen molar-refractivity contribution in [1.82, 2.24) is 14.6 Å². The molecule has 0 saturated heterocycles. The first-order valence-corrected chi connectivity index (χ1v) is 9.83. The maximum atomic E-state index is 12.1. The van der Waals surface area contributed by atoms with Gasteiger partial charge in [0, 0.05) is 17.7 Å². The van der Waals surface area contributed by atoms with E-state index in [-0.39, 0.29) is 10.6 Å². The van der Waals surface area contributed by atoms with Crippen molar-refractivity contribution in [2.24, 2.45) is 7.05 Å². The molecule has 0 radical (unpaired) electrons. The first-order valence-electron chi connectivity index (χ1n) is 7.55. The van der Waals surface area contributed by atoms with Crippen LogP contribution in [0.4, 0.5) is 0 Å². The van der Waals surface area contributed by atoms with Crippen molar-refractivity contribution in [3.8, 4) is 0 Å². The van der Waals surface area contributed by atoms with Gasteiger partial charge < -0.3 is 9.30 Å². The fourth-order valence-electron chi connectivity index (χ4n) is 1.99. The van der Waals surface area contributed by atoms with E-state index in [2.05, 4.69) is 30.7 Å². The molecule has 27 heavy (non-hydrogen) atoms. The summed E-state index contributed by atoms with van der Waals surface area (Å²) >= 11 is 3.16. The number of carbonyl (C=O) groups is 3. The molecule has 0 aliphatic carbocycles. The number of rotatable bonds is 7. The molecule has 0 spiro atoms. The van der Waals surface area contributed by atoms with E-state index in [0.717, 1.165) is 0 Å². The van der Waals surface area contributed by atoms with Crippen molar-refractivity contribution in [1.29, 1.82) is 0 Å². The van der Waals surface area contributed by atoms with Gasteiger partial charge in [0.2, 0.25) is 10.0 Å². The number of ether oxygens (including phenoxy) is 1. The molecule has 2 N–H and O–H groups in total. The van der Waals surface area contributed by atoms with Crippen molar-refractivity contribution in [2.45, 2.75) is 4.90 Å². The first kappa shape index (κ1) is 20.8.